The van der Waals surface area contributed by atoms with E-state index in [1.807, 2.05) is 12.1 Å². The van der Waals surface area contributed by atoms with Crippen LogP contribution in [-0.4, -0.2) is 35.2 Å². The van der Waals surface area contributed by atoms with Gasteiger partial charge in [-0.3, -0.25) is 0 Å². The number of nitrogens with one attached hydrogen (secondary N) is 2. The van der Waals surface area contributed by atoms with Gasteiger partial charge in [0.1, 0.15) is 11.6 Å². The molecule has 1 aliphatic rings. The summed E-state index contributed by atoms with van der Waals surface area (Å²) in [4.78, 5) is 12.6. The fourth-order valence-corrected chi connectivity index (χ4v) is 3.38. The molecule has 2 aromatic heterocycles. The zero-order chi connectivity index (χ0) is 17.9. The van der Waals surface area contributed by atoms with Crippen LogP contribution in [-0.2, 0) is 0 Å². The Morgan fingerprint density at radius 3 is 2.58 bits per heavy atom. The van der Waals surface area contributed by atoms with Crippen molar-refractivity contribution in [1.29, 1.82) is 0 Å². The van der Waals surface area contributed by atoms with Crippen LogP contribution in [0.5, 0.6) is 5.88 Å². The third-order valence-corrected chi connectivity index (χ3v) is 4.80. The van der Waals surface area contributed by atoms with E-state index in [4.69, 9.17) is 9.72 Å². The summed E-state index contributed by atoms with van der Waals surface area (Å²) in [5.41, 5.74) is 3.56. The lowest BCUT2D eigenvalue weighted by Gasteiger charge is -2.20. The van der Waals surface area contributed by atoms with Crippen LogP contribution >= 0.6 is 0 Å². The van der Waals surface area contributed by atoms with Gasteiger partial charge in [-0.25, -0.2) is 14.4 Å². The normalized spacial score (nSPS) is 15.2. The summed E-state index contributed by atoms with van der Waals surface area (Å²) >= 11 is 0. The second kappa shape index (κ2) is 7.25. The number of nitrogens with zero attached hydrogens (tertiary/aromatic N) is 2. The van der Waals surface area contributed by atoms with E-state index < -0.39 is 0 Å². The van der Waals surface area contributed by atoms with E-state index in [1.54, 1.807) is 25.4 Å². The summed E-state index contributed by atoms with van der Waals surface area (Å²) in [5.74, 6) is 1.67. The first-order chi connectivity index (χ1) is 12.7. The lowest BCUT2D eigenvalue weighted by atomic mass is 9.98. The van der Waals surface area contributed by atoms with Crippen LogP contribution in [0.1, 0.15) is 24.6 Å². The molecule has 5 nitrogen and oxygen atoms in total. The minimum Gasteiger partial charge on any atom is -0.481 e. The minimum absolute atomic E-state index is 0.251. The Kier molecular flexibility index (Phi) is 4.67. The molecular weight excluding hydrogens is 331 g/mol. The molecule has 1 saturated heterocycles. The summed E-state index contributed by atoms with van der Waals surface area (Å²) in [6.45, 7) is 1.99. The second-order valence-corrected chi connectivity index (χ2v) is 6.46. The molecule has 0 spiro atoms. The largest absolute Gasteiger partial charge is 0.481 e. The van der Waals surface area contributed by atoms with Crippen LogP contribution in [0.2, 0.25) is 0 Å². The summed E-state index contributed by atoms with van der Waals surface area (Å²) in [5, 5.41) is 3.38. The predicted octanol–water partition coefficient (Wildman–Crippen LogP) is 3.75. The third kappa shape index (κ3) is 3.32. The summed E-state index contributed by atoms with van der Waals surface area (Å²) in [7, 11) is 1.60. The van der Waals surface area contributed by atoms with E-state index >= 15 is 0 Å². The number of aromatic amines is 1. The van der Waals surface area contributed by atoms with Crippen molar-refractivity contribution in [2.75, 3.05) is 20.2 Å². The molecular formula is C20H21FN4O. The number of ether oxygens (including phenoxy) is 1. The maximum atomic E-state index is 13.4. The Hall–Kier alpha value is -2.73. The van der Waals surface area contributed by atoms with Crippen LogP contribution in [0.3, 0.4) is 0 Å². The van der Waals surface area contributed by atoms with Crippen LogP contribution in [0.25, 0.3) is 22.5 Å². The van der Waals surface area contributed by atoms with Crippen molar-refractivity contribution in [3.63, 3.8) is 0 Å². The molecule has 1 fully saturated rings. The van der Waals surface area contributed by atoms with Gasteiger partial charge < -0.3 is 15.0 Å². The summed E-state index contributed by atoms with van der Waals surface area (Å²) in [6.07, 6.45) is 3.81. The molecule has 0 saturated carbocycles. The van der Waals surface area contributed by atoms with Gasteiger partial charge in [0.05, 0.1) is 18.5 Å². The van der Waals surface area contributed by atoms with E-state index in [1.165, 1.54) is 12.1 Å². The van der Waals surface area contributed by atoms with E-state index in [0.29, 0.717) is 11.8 Å². The number of hydrogen-bond acceptors (Lipinski definition) is 4. The average molecular weight is 352 g/mol. The number of pyridine rings is 1. The molecule has 0 aliphatic carbocycles. The molecule has 1 aromatic carbocycles. The number of rotatable bonds is 4. The summed E-state index contributed by atoms with van der Waals surface area (Å²) in [6, 6.07) is 10.3. The fraction of sp³-hybridized carbons (Fsp3) is 0.300. The number of methoxy groups -OCH3 is 1. The highest BCUT2D eigenvalue weighted by Gasteiger charge is 2.22. The molecule has 0 atom stereocenters. The van der Waals surface area contributed by atoms with Gasteiger partial charge in [0.2, 0.25) is 5.88 Å². The van der Waals surface area contributed by atoms with Gasteiger partial charge >= 0.3 is 0 Å². The third-order valence-electron chi connectivity index (χ3n) is 4.80. The van der Waals surface area contributed by atoms with Crippen molar-refractivity contribution in [2.45, 2.75) is 18.8 Å². The number of benzene rings is 1. The second-order valence-electron chi connectivity index (χ2n) is 6.46. The molecule has 3 heterocycles. The maximum Gasteiger partial charge on any atom is 0.213 e. The molecule has 2 N–H and O–H groups in total. The Morgan fingerprint density at radius 2 is 1.85 bits per heavy atom. The quantitative estimate of drug-likeness (QED) is 0.751. The van der Waals surface area contributed by atoms with Crippen molar-refractivity contribution >= 4 is 0 Å². The molecule has 26 heavy (non-hydrogen) atoms. The lowest BCUT2D eigenvalue weighted by molar-refractivity contribution is 0.398. The highest BCUT2D eigenvalue weighted by molar-refractivity contribution is 5.78. The SMILES string of the molecule is COc1cc(-c2nc(C3CCNCC3)[nH]c2-c2ccc(F)cc2)ccn1. The van der Waals surface area contributed by atoms with E-state index in [2.05, 4.69) is 15.3 Å². The topological polar surface area (TPSA) is 62.8 Å². The Labute approximate surface area is 151 Å². The van der Waals surface area contributed by atoms with E-state index in [-0.39, 0.29) is 5.82 Å². The van der Waals surface area contributed by atoms with Crippen LogP contribution in [0, 0.1) is 5.82 Å². The number of H-pyrrole nitrogens is 1. The molecule has 134 valence electrons. The molecule has 0 radical (unpaired) electrons. The summed E-state index contributed by atoms with van der Waals surface area (Å²) < 4.78 is 18.6. The van der Waals surface area contributed by atoms with Gasteiger partial charge in [-0.1, -0.05) is 0 Å². The highest BCUT2D eigenvalue weighted by atomic mass is 19.1. The van der Waals surface area contributed by atoms with Crippen molar-refractivity contribution in [3.8, 4) is 28.4 Å². The van der Waals surface area contributed by atoms with Crippen molar-refractivity contribution in [2.24, 2.45) is 0 Å². The average Bonchev–Trinajstić information content (AvgIpc) is 3.15. The number of piperidine rings is 1. The maximum absolute atomic E-state index is 13.4. The number of aromatic nitrogens is 3. The number of halogens is 1. The first kappa shape index (κ1) is 16.7. The number of imidazole rings is 1. The molecule has 0 amide bonds. The van der Waals surface area contributed by atoms with Gasteiger partial charge in [0.25, 0.3) is 0 Å². The molecule has 1 aliphatic heterocycles. The Bertz CT molecular complexity index is 885. The minimum atomic E-state index is -0.251. The first-order valence-electron chi connectivity index (χ1n) is 8.81. The van der Waals surface area contributed by atoms with Gasteiger partial charge in [-0.05, 0) is 56.3 Å². The van der Waals surface area contributed by atoms with E-state index in [0.717, 1.165) is 54.3 Å². The number of hydrogen-bond donors (Lipinski definition) is 2. The monoisotopic (exact) mass is 352 g/mol. The molecule has 3 aromatic rings. The van der Waals surface area contributed by atoms with Crippen LogP contribution in [0.15, 0.2) is 42.6 Å². The Balaban J connectivity index is 1.81. The standard InChI is InChI=1S/C20H21FN4O/c1-26-17-12-15(8-11-23-17)19-18(13-2-4-16(21)5-3-13)24-20(25-19)14-6-9-22-10-7-14/h2-5,8,11-12,14,22H,6-7,9-10H2,1H3,(H,24,25). The van der Waals surface area contributed by atoms with E-state index in [9.17, 15) is 4.39 Å². The molecule has 6 heteroatoms. The van der Waals surface area contributed by atoms with Crippen molar-refractivity contribution in [1.82, 2.24) is 20.3 Å². The smallest absolute Gasteiger partial charge is 0.213 e. The zero-order valence-corrected chi connectivity index (χ0v) is 14.6. The van der Waals surface area contributed by atoms with Crippen molar-refractivity contribution < 1.29 is 9.13 Å². The van der Waals surface area contributed by atoms with Gasteiger partial charge in [0, 0.05) is 29.3 Å². The zero-order valence-electron chi connectivity index (χ0n) is 14.6. The predicted molar refractivity (Wildman–Crippen MR) is 98.6 cm³/mol. The highest BCUT2D eigenvalue weighted by Crippen LogP contribution is 2.34. The lowest BCUT2D eigenvalue weighted by Crippen LogP contribution is -2.27. The van der Waals surface area contributed by atoms with Crippen LogP contribution in [0.4, 0.5) is 4.39 Å². The van der Waals surface area contributed by atoms with Crippen LogP contribution < -0.4 is 10.1 Å². The van der Waals surface area contributed by atoms with Gasteiger partial charge in [-0.15, -0.1) is 0 Å². The fourth-order valence-electron chi connectivity index (χ4n) is 3.38. The van der Waals surface area contributed by atoms with Gasteiger partial charge in [-0.2, -0.15) is 0 Å². The first-order valence-corrected chi connectivity index (χ1v) is 8.81. The van der Waals surface area contributed by atoms with Gasteiger partial charge in [0.15, 0.2) is 0 Å². The molecule has 0 bridgehead atoms. The molecule has 4 rings (SSSR count). The van der Waals surface area contributed by atoms with Crippen molar-refractivity contribution in [3.05, 3.63) is 54.2 Å². The Morgan fingerprint density at radius 1 is 1.08 bits per heavy atom. The molecule has 0 unspecified atom stereocenters.